The second-order valence-corrected chi connectivity index (χ2v) is 4.27. The van der Waals surface area contributed by atoms with Crippen molar-refractivity contribution in [2.24, 2.45) is 0 Å². The molecule has 0 aromatic heterocycles. The number of nitrogens with zero attached hydrogens (tertiary/aromatic N) is 1. The van der Waals surface area contributed by atoms with Gasteiger partial charge in [0.15, 0.2) is 0 Å². The Morgan fingerprint density at radius 2 is 1.93 bits per heavy atom. The van der Waals surface area contributed by atoms with E-state index in [-0.39, 0.29) is 0 Å². The van der Waals surface area contributed by atoms with Gasteiger partial charge >= 0.3 is 0 Å². The van der Waals surface area contributed by atoms with Gasteiger partial charge in [0.2, 0.25) is 0 Å². The van der Waals surface area contributed by atoms with E-state index in [0.29, 0.717) is 11.6 Å². The minimum atomic E-state index is -0.432. The van der Waals surface area contributed by atoms with Gasteiger partial charge in [-0.05, 0) is 37.7 Å². The van der Waals surface area contributed by atoms with Crippen molar-refractivity contribution < 1.29 is 5.11 Å². The molecular weight excluding hydrogens is 210 g/mol. The zero-order valence-corrected chi connectivity index (χ0v) is 10.0. The first-order valence-electron chi connectivity index (χ1n) is 5.25. The van der Waals surface area contributed by atoms with Crippen LogP contribution in [0.2, 0.25) is 5.02 Å². The van der Waals surface area contributed by atoms with Crippen molar-refractivity contribution in [2.45, 2.75) is 19.4 Å². The van der Waals surface area contributed by atoms with Crippen LogP contribution in [0.15, 0.2) is 24.3 Å². The molecule has 1 unspecified atom stereocenters. The molecule has 0 aliphatic rings. The first-order chi connectivity index (χ1) is 7.13. The number of likely N-dealkylation sites (N-methyl/N-ethyl adjacent to an activating group) is 1. The zero-order valence-electron chi connectivity index (χ0n) is 9.28. The molecule has 1 atom stereocenters. The molecule has 1 aromatic carbocycles. The molecule has 0 amide bonds. The lowest BCUT2D eigenvalue weighted by Crippen LogP contribution is -2.25. The summed E-state index contributed by atoms with van der Waals surface area (Å²) in [6, 6.07) is 7.35. The molecule has 15 heavy (non-hydrogen) atoms. The Morgan fingerprint density at radius 1 is 1.33 bits per heavy atom. The molecule has 0 radical (unpaired) electrons. The first kappa shape index (κ1) is 12.5. The minimum Gasteiger partial charge on any atom is -0.387 e. The van der Waals surface area contributed by atoms with Gasteiger partial charge in [0.25, 0.3) is 0 Å². The Morgan fingerprint density at radius 3 is 2.47 bits per heavy atom. The van der Waals surface area contributed by atoms with Crippen LogP contribution in [0, 0.1) is 0 Å². The summed E-state index contributed by atoms with van der Waals surface area (Å²) >= 11 is 5.78. The van der Waals surface area contributed by atoms with E-state index in [1.165, 1.54) is 0 Å². The van der Waals surface area contributed by atoms with Gasteiger partial charge in [0.1, 0.15) is 0 Å². The fourth-order valence-electron chi connectivity index (χ4n) is 1.56. The summed E-state index contributed by atoms with van der Waals surface area (Å²) in [7, 11) is 2.02. The molecule has 0 fully saturated rings. The van der Waals surface area contributed by atoms with Crippen molar-refractivity contribution in [2.75, 3.05) is 20.1 Å². The van der Waals surface area contributed by atoms with Gasteiger partial charge in [-0.25, -0.2) is 0 Å². The molecule has 0 spiro atoms. The maximum Gasteiger partial charge on any atom is 0.0916 e. The fourth-order valence-corrected chi connectivity index (χ4v) is 1.68. The van der Waals surface area contributed by atoms with Crippen LogP contribution in [0.1, 0.15) is 25.0 Å². The van der Waals surface area contributed by atoms with Crippen LogP contribution in [0.5, 0.6) is 0 Å². The van der Waals surface area contributed by atoms with Crippen molar-refractivity contribution in [1.82, 2.24) is 4.90 Å². The average molecular weight is 228 g/mol. The van der Waals surface area contributed by atoms with E-state index in [1.807, 2.05) is 19.2 Å². The van der Waals surface area contributed by atoms with Gasteiger partial charge in [-0.2, -0.15) is 0 Å². The highest BCUT2D eigenvalue weighted by Gasteiger charge is 2.09. The molecule has 0 saturated heterocycles. The molecule has 0 bridgehead atoms. The van der Waals surface area contributed by atoms with E-state index >= 15 is 0 Å². The number of aliphatic hydroxyl groups excluding tert-OH is 1. The van der Waals surface area contributed by atoms with Gasteiger partial charge in [-0.1, -0.05) is 30.7 Å². The summed E-state index contributed by atoms with van der Waals surface area (Å²) in [5, 5.41) is 10.6. The molecular formula is C12H18ClNO. The van der Waals surface area contributed by atoms with Gasteiger partial charge < -0.3 is 10.0 Å². The van der Waals surface area contributed by atoms with Crippen molar-refractivity contribution >= 4 is 11.6 Å². The Bertz CT molecular complexity index is 286. The first-order valence-corrected chi connectivity index (χ1v) is 5.63. The van der Waals surface area contributed by atoms with Gasteiger partial charge in [0.05, 0.1) is 6.10 Å². The molecule has 0 heterocycles. The minimum absolute atomic E-state index is 0.432. The van der Waals surface area contributed by atoms with Crippen LogP contribution in [0.3, 0.4) is 0 Å². The quantitative estimate of drug-likeness (QED) is 0.836. The van der Waals surface area contributed by atoms with Gasteiger partial charge in [-0.3, -0.25) is 0 Å². The molecule has 3 heteroatoms. The zero-order chi connectivity index (χ0) is 11.3. The summed E-state index contributed by atoms with van der Waals surface area (Å²) in [5.74, 6) is 0. The van der Waals surface area contributed by atoms with Crippen LogP contribution in [-0.4, -0.2) is 30.1 Å². The Kier molecular flexibility index (Phi) is 5.09. The SMILES string of the molecule is CCCN(C)CC(O)c1ccc(Cl)cc1. The largest absolute Gasteiger partial charge is 0.387 e. The lowest BCUT2D eigenvalue weighted by Gasteiger charge is -2.20. The predicted molar refractivity (Wildman–Crippen MR) is 64.2 cm³/mol. The monoisotopic (exact) mass is 227 g/mol. The second kappa shape index (κ2) is 6.11. The van der Waals surface area contributed by atoms with Gasteiger partial charge in [0, 0.05) is 11.6 Å². The number of hydrogen-bond acceptors (Lipinski definition) is 2. The molecule has 1 N–H and O–H groups in total. The molecule has 84 valence electrons. The van der Waals surface area contributed by atoms with E-state index in [1.54, 1.807) is 12.1 Å². The molecule has 2 nitrogen and oxygen atoms in total. The fraction of sp³-hybridized carbons (Fsp3) is 0.500. The summed E-state index contributed by atoms with van der Waals surface area (Å²) < 4.78 is 0. The highest BCUT2D eigenvalue weighted by atomic mass is 35.5. The highest BCUT2D eigenvalue weighted by Crippen LogP contribution is 2.16. The van der Waals surface area contributed by atoms with E-state index in [2.05, 4.69) is 11.8 Å². The third-order valence-electron chi connectivity index (χ3n) is 2.34. The highest BCUT2D eigenvalue weighted by molar-refractivity contribution is 6.30. The third kappa shape index (κ3) is 4.20. The third-order valence-corrected chi connectivity index (χ3v) is 2.60. The topological polar surface area (TPSA) is 23.5 Å². The Hall–Kier alpha value is -0.570. The predicted octanol–water partition coefficient (Wildman–Crippen LogP) is 2.72. The molecule has 0 aliphatic heterocycles. The molecule has 1 aromatic rings. The average Bonchev–Trinajstić information content (AvgIpc) is 2.18. The van der Waals surface area contributed by atoms with Crippen LogP contribution in [0.25, 0.3) is 0 Å². The number of rotatable bonds is 5. The number of benzene rings is 1. The van der Waals surface area contributed by atoms with Crippen molar-refractivity contribution in [3.63, 3.8) is 0 Å². The Labute approximate surface area is 96.5 Å². The second-order valence-electron chi connectivity index (χ2n) is 3.83. The van der Waals surface area contributed by atoms with E-state index in [0.717, 1.165) is 18.5 Å². The maximum absolute atomic E-state index is 9.92. The van der Waals surface area contributed by atoms with Crippen LogP contribution >= 0.6 is 11.6 Å². The van der Waals surface area contributed by atoms with Crippen LogP contribution in [-0.2, 0) is 0 Å². The summed E-state index contributed by atoms with van der Waals surface area (Å²) in [6.45, 7) is 3.80. The molecule has 0 saturated carbocycles. The van der Waals surface area contributed by atoms with Gasteiger partial charge in [-0.15, -0.1) is 0 Å². The van der Waals surface area contributed by atoms with Crippen molar-refractivity contribution in [1.29, 1.82) is 0 Å². The summed E-state index contributed by atoms with van der Waals surface area (Å²) in [5.41, 5.74) is 0.919. The summed E-state index contributed by atoms with van der Waals surface area (Å²) in [6.07, 6.45) is 0.669. The van der Waals surface area contributed by atoms with E-state index in [4.69, 9.17) is 11.6 Å². The van der Waals surface area contributed by atoms with E-state index < -0.39 is 6.10 Å². The van der Waals surface area contributed by atoms with Crippen molar-refractivity contribution in [3.05, 3.63) is 34.9 Å². The molecule has 1 rings (SSSR count). The van der Waals surface area contributed by atoms with Crippen molar-refractivity contribution in [3.8, 4) is 0 Å². The van der Waals surface area contributed by atoms with E-state index in [9.17, 15) is 5.11 Å². The lowest BCUT2D eigenvalue weighted by molar-refractivity contribution is 0.127. The standard InChI is InChI=1S/C12H18ClNO/c1-3-8-14(2)9-12(15)10-4-6-11(13)7-5-10/h4-7,12,15H,3,8-9H2,1-2H3. The molecule has 0 aliphatic carbocycles. The Balaban J connectivity index is 2.53. The normalized spacial score (nSPS) is 13.1. The number of hydrogen-bond donors (Lipinski definition) is 1. The smallest absolute Gasteiger partial charge is 0.0916 e. The maximum atomic E-state index is 9.92. The lowest BCUT2D eigenvalue weighted by atomic mass is 10.1. The van der Waals surface area contributed by atoms with Crippen LogP contribution in [0.4, 0.5) is 0 Å². The van der Waals surface area contributed by atoms with Crippen LogP contribution < -0.4 is 0 Å². The summed E-state index contributed by atoms with van der Waals surface area (Å²) in [4.78, 5) is 2.12. The number of aliphatic hydroxyl groups is 1. The number of halogens is 1.